The van der Waals surface area contributed by atoms with Crippen molar-refractivity contribution >= 4 is 35.4 Å². The molecular formula is C20H19FN8O4. The van der Waals surface area contributed by atoms with Gasteiger partial charge in [0, 0.05) is 30.4 Å². The van der Waals surface area contributed by atoms with Gasteiger partial charge in [-0.1, -0.05) is 6.07 Å². The molecule has 4 rings (SSSR count). The molecule has 0 unspecified atom stereocenters. The monoisotopic (exact) mass is 454 g/mol. The van der Waals surface area contributed by atoms with Crippen molar-refractivity contribution in [1.82, 2.24) is 15.0 Å². The lowest BCUT2D eigenvalue weighted by atomic mass is 10.2. The molecule has 1 aromatic heterocycles. The topological polar surface area (TPSA) is 151 Å². The number of ether oxygens (including phenoxy) is 1. The van der Waals surface area contributed by atoms with Gasteiger partial charge in [0.1, 0.15) is 5.82 Å². The van der Waals surface area contributed by atoms with Crippen LogP contribution in [0.25, 0.3) is 0 Å². The number of phenolic OH excluding ortho intramolecular Hbond substituents is 1. The van der Waals surface area contributed by atoms with Crippen LogP contribution in [0.5, 0.6) is 5.75 Å². The number of nitrogens with zero attached hydrogens (tertiary/aromatic N) is 6. The van der Waals surface area contributed by atoms with Crippen molar-refractivity contribution in [2.45, 2.75) is 0 Å². The SMILES string of the molecule is O=[N+]([O-])c1cccc(C=NNc2nc(Nc3ccc(F)cc3)nc(N3CCOCC3)n2)c1O. The fraction of sp³-hybridized carbons (Fsp3) is 0.200. The Kier molecular flexibility index (Phi) is 6.50. The molecule has 0 radical (unpaired) electrons. The summed E-state index contributed by atoms with van der Waals surface area (Å²) in [5, 5.41) is 28.0. The number of aromatic hydroxyl groups is 1. The summed E-state index contributed by atoms with van der Waals surface area (Å²) in [6.07, 6.45) is 1.22. The summed E-state index contributed by atoms with van der Waals surface area (Å²) in [6.45, 7) is 2.23. The summed E-state index contributed by atoms with van der Waals surface area (Å²) in [4.78, 5) is 25.3. The van der Waals surface area contributed by atoms with Crippen LogP contribution in [0, 0.1) is 15.9 Å². The fourth-order valence-corrected chi connectivity index (χ4v) is 3.00. The molecule has 1 aliphatic rings. The molecule has 13 heteroatoms. The van der Waals surface area contributed by atoms with Gasteiger partial charge in [-0.2, -0.15) is 20.1 Å². The second kappa shape index (κ2) is 9.82. The number of nitro benzene ring substituents is 1. The van der Waals surface area contributed by atoms with Gasteiger partial charge < -0.3 is 20.1 Å². The number of nitrogens with one attached hydrogen (secondary N) is 2. The zero-order valence-electron chi connectivity index (χ0n) is 17.2. The first-order valence-electron chi connectivity index (χ1n) is 9.86. The van der Waals surface area contributed by atoms with E-state index in [0.717, 1.165) is 0 Å². The highest BCUT2D eigenvalue weighted by Gasteiger charge is 2.17. The van der Waals surface area contributed by atoms with E-state index in [1.54, 1.807) is 12.1 Å². The van der Waals surface area contributed by atoms with Gasteiger partial charge in [0.25, 0.3) is 0 Å². The van der Waals surface area contributed by atoms with E-state index in [0.29, 0.717) is 37.9 Å². The summed E-state index contributed by atoms with van der Waals surface area (Å²) in [7, 11) is 0. The van der Waals surface area contributed by atoms with Gasteiger partial charge in [0.05, 0.1) is 24.4 Å². The van der Waals surface area contributed by atoms with Crippen LogP contribution >= 0.6 is 0 Å². The molecule has 3 aromatic rings. The number of anilines is 4. The van der Waals surface area contributed by atoms with E-state index in [1.807, 2.05) is 4.90 Å². The molecule has 33 heavy (non-hydrogen) atoms. The van der Waals surface area contributed by atoms with Crippen molar-refractivity contribution in [3.8, 4) is 5.75 Å². The molecule has 1 saturated heterocycles. The van der Waals surface area contributed by atoms with Crippen LogP contribution in [0.2, 0.25) is 0 Å². The summed E-state index contributed by atoms with van der Waals surface area (Å²) in [5.41, 5.74) is 2.94. The van der Waals surface area contributed by atoms with Gasteiger partial charge in [-0.15, -0.1) is 0 Å². The van der Waals surface area contributed by atoms with Gasteiger partial charge in [0.15, 0.2) is 0 Å². The van der Waals surface area contributed by atoms with Crippen molar-refractivity contribution in [1.29, 1.82) is 0 Å². The minimum absolute atomic E-state index is 0.0947. The van der Waals surface area contributed by atoms with Crippen molar-refractivity contribution < 1.29 is 19.2 Å². The second-order valence-electron chi connectivity index (χ2n) is 6.86. The number of halogens is 1. The zero-order chi connectivity index (χ0) is 23.2. The standard InChI is InChI=1S/C20H19FN8O4/c21-14-4-6-15(7-5-14)23-18-24-19(26-20(25-18)28-8-10-33-11-9-28)27-22-12-13-2-1-3-16(17(13)30)29(31)32/h1-7,12,30H,8-11H2,(H2,23,24,25,26,27). The first-order chi connectivity index (χ1) is 16.0. The Morgan fingerprint density at radius 2 is 1.85 bits per heavy atom. The average Bonchev–Trinajstić information content (AvgIpc) is 2.82. The number of morpholine rings is 1. The molecule has 0 saturated carbocycles. The van der Waals surface area contributed by atoms with Crippen LogP contribution in [0.15, 0.2) is 47.6 Å². The number of hydrazone groups is 1. The lowest BCUT2D eigenvalue weighted by Crippen LogP contribution is -2.37. The van der Waals surface area contributed by atoms with Gasteiger partial charge in [-0.25, -0.2) is 9.82 Å². The minimum Gasteiger partial charge on any atom is -0.502 e. The number of aromatic nitrogens is 3. The number of nitro groups is 1. The molecule has 0 bridgehead atoms. The minimum atomic E-state index is -0.686. The molecule has 2 aromatic carbocycles. The van der Waals surface area contributed by atoms with E-state index < -0.39 is 16.4 Å². The van der Waals surface area contributed by atoms with Gasteiger partial charge in [-0.05, 0) is 30.3 Å². The Morgan fingerprint density at radius 3 is 2.58 bits per heavy atom. The summed E-state index contributed by atoms with van der Waals surface area (Å²) in [6, 6.07) is 9.80. The third-order valence-corrected chi connectivity index (χ3v) is 4.63. The number of rotatable bonds is 7. The number of phenols is 1. The molecule has 12 nitrogen and oxygen atoms in total. The highest BCUT2D eigenvalue weighted by Crippen LogP contribution is 2.28. The third kappa shape index (κ3) is 5.46. The molecule has 0 spiro atoms. The second-order valence-corrected chi connectivity index (χ2v) is 6.86. The average molecular weight is 454 g/mol. The van der Waals surface area contributed by atoms with Crippen LogP contribution in [0.1, 0.15) is 5.56 Å². The Morgan fingerprint density at radius 1 is 1.12 bits per heavy atom. The molecule has 0 aliphatic carbocycles. The summed E-state index contributed by atoms with van der Waals surface area (Å²) in [5.74, 6) is -0.192. The maximum absolute atomic E-state index is 13.2. The van der Waals surface area contributed by atoms with Crippen LogP contribution in [0.4, 0.5) is 33.6 Å². The number of benzene rings is 2. The van der Waals surface area contributed by atoms with E-state index in [-0.39, 0.29) is 23.3 Å². The largest absolute Gasteiger partial charge is 0.502 e. The van der Waals surface area contributed by atoms with Gasteiger partial charge in [-0.3, -0.25) is 10.1 Å². The maximum atomic E-state index is 13.2. The van der Waals surface area contributed by atoms with Crippen LogP contribution in [-0.2, 0) is 4.74 Å². The van der Waals surface area contributed by atoms with E-state index in [4.69, 9.17) is 4.74 Å². The smallest absolute Gasteiger partial charge is 0.311 e. The van der Waals surface area contributed by atoms with E-state index in [1.165, 1.54) is 36.5 Å². The van der Waals surface area contributed by atoms with Crippen molar-refractivity contribution in [3.05, 3.63) is 64.0 Å². The first kappa shape index (κ1) is 21.8. The number of para-hydroxylation sites is 1. The molecule has 2 heterocycles. The van der Waals surface area contributed by atoms with E-state index >= 15 is 0 Å². The normalized spacial score (nSPS) is 13.8. The predicted octanol–water partition coefficient (Wildman–Crippen LogP) is 2.65. The quantitative estimate of drug-likeness (QED) is 0.276. The Hall–Kier alpha value is -4.39. The maximum Gasteiger partial charge on any atom is 0.311 e. The number of hydrogen-bond acceptors (Lipinski definition) is 11. The van der Waals surface area contributed by atoms with Crippen molar-refractivity contribution in [2.75, 3.05) is 41.9 Å². The Balaban J connectivity index is 1.58. The molecule has 170 valence electrons. The van der Waals surface area contributed by atoms with Crippen molar-refractivity contribution in [2.24, 2.45) is 5.10 Å². The van der Waals surface area contributed by atoms with Gasteiger partial charge >= 0.3 is 5.69 Å². The fourth-order valence-electron chi connectivity index (χ4n) is 3.00. The summed E-state index contributed by atoms with van der Waals surface area (Å²) < 4.78 is 18.6. The Bertz CT molecular complexity index is 1170. The molecule has 0 amide bonds. The third-order valence-electron chi connectivity index (χ3n) is 4.63. The van der Waals surface area contributed by atoms with Gasteiger partial charge in [0.2, 0.25) is 23.6 Å². The zero-order valence-corrected chi connectivity index (χ0v) is 17.2. The molecule has 0 atom stereocenters. The van der Waals surface area contributed by atoms with Crippen LogP contribution in [-0.4, -0.2) is 57.5 Å². The van der Waals surface area contributed by atoms with Crippen LogP contribution < -0.4 is 15.6 Å². The lowest BCUT2D eigenvalue weighted by molar-refractivity contribution is -0.385. The first-order valence-corrected chi connectivity index (χ1v) is 9.86. The highest BCUT2D eigenvalue weighted by molar-refractivity contribution is 5.85. The van der Waals surface area contributed by atoms with Crippen LogP contribution in [0.3, 0.4) is 0 Å². The molecular weight excluding hydrogens is 435 g/mol. The summed E-state index contributed by atoms with van der Waals surface area (Å²) >= 11 is 0. The van der Waals surface area contributed by atoms with E-state index in [2.05, 4.69) is 30.8 Å². The van der Waals surface area contributed by atoms with Crippen molar-refractivity contribution in [3.63, 3.8) is 0 Å². The molecule has 1 fully saturated rings. The lowest BCUT2D eigenvalue weighted by Gasteiger charge is -2.27. The Labute approximate surface area is 186 Å². The highest BCUT2D eigenvalue weighted by atomic mass is 19.1. The number of hydrogen-bond donors (Lipinski definition) is 3. The predicted molar refractivity (Wildman–Crippen MR) is 119 cm³/mol. The van der Waals surface area contributed by atoms with E-state index in [9.17, 15) is 19.6 Å². The molecule has 3 N–H and O–H groups in total. The molecule has 1 aliphatic heterocycles.